The fraction of sp³-hybridized carbons (Fsp3) is 0.476. The zero-order chi connectivity index (χ0) is 19.8. The first kappa shape index (κ1) is 19.1. The van der Waals surface area contributed by atoms with Gasteiger partial charge < -0.3 is 10.2 Å². The number of allylic oxidation sites excluding steroid dienone is 2. The second kappa shape index (κ2) is 7.62. The Hall–Kier alpha value is -2.28. The molecule has 1 aromatic carbocycles. The molecule has 1 N–H and O–H groups in total. The van der Waals surface area contributed by atoms with Crippen LogP contribution in [-0.2, 0) is 4.79 Å². The van der Waals surface area contributed by atoms with Crippen LogP contribution in [0.3, 0.4) is 0 Å². The molecule has 2 atom stereocenters. The standard InChI is InChI=1S/C21H27N5OS/c1-5-25(6-2)15-9-7-14(8-10-15)19-18-16(11-13(3)12-17(18)27)22-20-23-21(28-4)24-26(19)20/h7-10,13,19H,5-6,11-12H2,1-4H3,(H,22,23,24)/t13-,19-/m1/s1. The average Bonchev–Trinajstić information content (AvgIpc) is 3.10. The third kappa shape index (κ3) is 3.21. The summed E-state index contributed by atoms with van der Waals surface area (Å²) in [5.74, 6) is 1.28. The number of hydrogen-bond acceptors (Lipinski definition) is 6. The minimum Gasteiger partial charge on any atom is -0.372 e. The number of hydrogen-bond donors (Lipinski definition) is 1. The largest absolute Gasteiger partial charge is 0.372 e. The maximum atomic E-state index is 13.0. The van der Waals surface area contributed by atoms with E-state index in [0.717, 1.165) is 42.3 Å². The molecule has 0 saturated heterocycles. The first-order valence-corrected chi connectivity index (χ1v) is 11.2. The fourth-order valence-electron chi connectivity index (χ4n) is 4.24. The van der Waals surface area contributed by atoms with Crippen molar-refractivity contribution < 1.29 is 4.79 Å². The van der Waals surface area contributed by atoms with E-state index in [9.17, 15) is 4.79 Å². The molecule has 0 saturated carbocycles. The molecule has 2 aromatic rings. The van der Waals surface area contributed by atoms with E-state index in [2.05, 4.69) is 65.3 Å². The Balaban J connectivity index is 1.80. The lowest BCUT2D eigenvalue weighted by Gasteiger charge is -2.34. The summed E-state index contributed by atoms with van der Waals surface area (Å²) in [6, 6.07) is 8.33. The maximum absolute atomic E-state index is 13.0. The van der Waals surface area contributed by atoms with Gasteiger partial charge in [0.15, 0.2) is 5.78 Å². The van der Waals surface area contributed by atoms with Gasteiger partial charge in [0.05, 0.1) is 0 Å². The van der Waals surface area contributed by atoms with Gasteiger partial charge in [0, 0.05) is 36.5 Å². The van der Waals surface area contributed by atoms with Crippen molar-refractivity contribution in [3.8, 4) is 0 Å². The zero-order valence-electron chi connectivity index (χ0n) is 16.9. The van der Waals surface area contributed by atoms with Crippen LogP contribution in [0.2, 0.25) is 0 Å². The number of benzene rings is 1. The molecular weight excluding hydrogens is 370 g/mol. The van der Waals surface area contributed by atoms with Crippen LogP contribution in [0.1, 0.15) is 45.2 Å². The monoisotopic (exact) mass is 397 g/mol. The number of fused-ring (bicyclic) bond motifs is 1. The van der Waals surface area contributed by atoms with Crippen LogP contribution in [0.4, 0.5) is 11.6 Å². The molecule has 4 rings (SSSR count). The number of nitrogens with zero attached hydrogens (tertiary/aromatic N) is 4. The molecular formula is C21H27N5OS. The van der Waals surface area contributed by atoms with Crippen LogP contribution in [-0.4, -0.2) is 39.9 Å². The van der Waals surface area contributed by atoms with Crippen LogP contribution < -0.4 is 10.2 Å². The Morgan fingerprint density at radius 2 is 1.93 bits per heavy atom. The fourth-order valence-corrected chi connectivity index (χ4v) is 4.59. The van der Waals surface area contributed by atoms with Crippen LogP contribution in [0.5, 0.6) is 0 Å². The molecule has 0 fully saturated rings. The summed E-state index contributed by atoms with van der Waals surface area (Å²) in [5, 5.41) is 8.77. The van der Waals surface area contributed by atoms with Gasteiger partial charge in [0.2, 0.25) is 11.1 Å². The van der Waals surface area contributed by atoms with E-state index >= 15 is 0 Å². The smallest absolute Gasteiger partial charge is 0.227 e. The lowest BCUT2D eigenvalue weighted by molar-refractivity contribution is -0.117. The highest BCUT2D eigenvalue weighted by Crippen LogP contribution is 2.42. The van der Waals surface area contributed by atoms with Crippen molar-refractivity contribution in [3.63, 3.8) is 0 Å². The lowest BCUT2D eigenvalue weighted by atomic mass is 9.81. The van der Waals surface area contributed by atoms with Crippen molar-refractivity contribution in [1.82, 2.24) is 14.8 Å². The van der Waals surface area contributed by atoms with Gasteiger partial charge in [0.25, 0.3) is 0 Å². The van der Waals surface area contributed by atoms with E-state index in [1.165, 1.54) is 17.4 Å². The topological polar surface area (TPSA) is 63.1 Å². The summed E-state index contributed by atoms with van der Waals surface area (Å²) < 4.78 is 1.88. The predicted octanol–water partition coefficient (Wildman–Crippen LogP) is 4.11. The maximum Gasteiger partial charge on any atom is 0.227 e. The van der Waals surface area contributed by atoms with E-state index in [1.54, 1.807) is 0 Å². The number of anilines is 2. The van der Waals surface area contributed by atoms with E-state index < -0.39 is 0 Å². The van der Waals surface area contributed by atoms with Crippen molar-refractivity contribution in [1.29, 1.82) is 0 Å². The minimum atomic E-state index is -0.217. The molecule has 2 heterocycles. The second-order valence-electron chi connectivity index (χ2n) is 7.49. The lowest BCUT2D eigenvalue weighted by Crippen LogP contribution is -2.33. The number of nitrogens with one attached hydrogen (secondary N) is 1. The third-order valence-corrected chi connectivity index (χ3v) is 6.16. The Morgan fingerprint density at radius 1 is 1.21 bits per heavy atom. The van der Waals surface area contributed by atoms with E-state index in [1.807, 2.05) is 10.9 Å². The number of carbonyl (C=O) groups excluding carboxylic acids is 1. The Bertz CT molecular complexity index is 913. The molecule has 7 heteroatoms. The number of carbonyl (C=O) groups is 1. The van der Waals surface area contributed by atoms with E-state index in [4.69, 9.17) is 0 Å². The number of rotatable bonds is 5. The molecule has 148 valence electrons. The Kier molecular flexibility index (Phi) is 5.19. The highest BCUT2D eigenvalue weighted by atomic mass is 32.2. The van der Waals surface area contributed by atoms with Crippen LogP contribution in [0, 0.1) is 5.92 Å². The van der Waals surface area contributed by atoms with Gasteiger partial charge in [-0.25, -0.2) is 4.68 Å². The average molecular weight is 398 g/mol. The Morgan fingerprint density at radius 3 is 2.57 bits per heavy atom. The first-order valence-electron chi connectivity index (χ1n) is 9.94. The van der Waals surface area contributed by atoms with Gasteiger partial charge in [-0.15, -0.1) is 5.10 Å². The van der Waals surface area contributed by atoms with Crippen LogP contribution >= 0.6 is 11.8 Å². The SMILES string of the molecule is CCN(CC)c1ccc([C@@H]2C3=C(C[C@@H](C)CC3=O)Nc3nc(SC)nn32)cc1. The van der Waals surface area contributed by atoms with Gasteiger partial charge in [-0.05, 0) is 50.1 Å². The molecule has 1 aromatic heterocycles. The van der Waals surface area contributed by atoms with Gasteiger partial charge in [0.1, 0.15) is 6.04 Å². The predicted molar refractivity (Wildman–Crippen MR) is 114 cm³/mol. The molecule has 0 unspecified atom stereocenters. The molecule has 0 bridgehead atoms. The van der Waals surface area contributed by atoms with E-state index in [-0.39, 0.29) is 11.8 Å². The number of thioether (sulfide) groups is 1. The van der Waals surface area contributed by atoms with Crippen molar-refractivity contribution >= 4 is 29.2 Å². The molecule has 1 aliphatic carbocycles. The summed E-state index contributed by atoms with van der Waals surface area (Å²) in [7, 11) is 0. The molecule has 0 amide bonds. The van der Waals surface area contributed by atoms with Crippen molar-refractivity contribution in [2.45, 2.75) is 44.8 Å². The molecule has 2 aliphatic rings. The van der Waals surface area contributed by atoms with Gasteiger partial charge in [-0.2, -0.15) is 4.98 Å². The molecule has 0 spiro atoms. The summed E-state index contributed by atoms with van der Waals surface area (Å²) in [5.41, 5.74) is 4.13. The molecule has 1 aliphatic heterocycles. The second-order valence-corrected chi connectivity index (χ2v) is 8.26. The molecule has 28 heavy (non-hydrogen) atoms. The third-order valence-electron chi connectivity index (χ3n) is 5.62. The van der Waals surface area contributed by atoms with Crippen molar-refractivity contribution in [3.05, 3.63) is 41.1 Å². The first-order chi connectivity index (χ1) is 13.5. The summed E-state index contributed by atoms with van der Waals surface area (Å²) in [6.45, 7) is 8.39. The van der Waals surface area contributed by atoms with E-state index in [0.29, 0.717) is 17.5 Å². The summed E-state index contributed by atoms with van der Waals surface area (Å²) in [4.78, 5) is 19.9. The van der Waals surface area contributed by atoms with Crippen LogP contribution in [0.15, 0.2) is 40.7 Å². The minimum absolute atomic E-state index is 0.214. The Labute approximate surface area is 170 Å². The summed E-state index contributed by atoms with van der Waals surface area (Å²) in [6.07, 6.45) is 3.43. The van der Waals surface area contributed by atoms with Crippen molar-refractivity contribution in [2.75, 3.05) is 29.6 Å². The van der Waals surface area contributed by atoms with Gasteiger partial charge in [-0.3, -0.25) is 4.79 Å². The zero-order valence-corrected chi connectivity index (χ0v) is 17.7. The van der Waals surface area contributed by atoms with Crippen molar-refractivity contribution in [2.24, 2.45) is 5.92 Å². The number of Topliss-reactive ketones (excluding diaryl/α,β-unsaturated/α-hetero) is 1. The summed E-state index contributed by atoms with van der Waals surface area (Å²) >= 11 is 1.51. The quantitative estimate of drug-likeness (QED) is 0.766. The van der Waals surface area contributed by atoms with Gasteiger partial charge in [-0.1, -0.05) is 30.8 Å². The molecule has 0 radical (unpaired) electrons. The van der Waals surface area contributed by atoms with Gasteiger partial charge >= 0.3 is 0 Å². The highest BCUT2D eigenvalue weighted by Gasteiger charge is 2.38. The number of ketones is 1. The molecule has 6 nitrogen and oxygen atoms in total. The highest BCUT2D eigenvalue weighted by molar-refractivity contribution is 7.98. The van der Waals surface area contributed by atoms with Crippen LogP contribution in [0.25, 0.3) is 0 Å². The number of aromatic nitrogens is 3. The normalized spacial score (nSPS) is 21.2.